The molecule has 0 atom stereocenters. The maximum Gasteiger partial charge on any atom is 0.414 e. The number of halogens is 2. The molecule has 7 heteroatoms. The van der Waals surface area contributed by atoms with Gasteiger partial charge in [0.05, 0.1) is 15.5 Å². The molecule has 0 aliphatic carbocycles. The molecule has 0 aliphatic rings. The van der Waals surface area contributed by atoms with Crippen LogP contribution in [0, 0.1) is 0 Å². The highest BCUT2D eigenvalue weighted by Crippen LogP contribution is 2.37. The van der Waals surface area contributed by atoms with E-state index in [2.05, 4.69) is 41.8 Å². The first-order valence-corrected chi connectivity index (χ1v) is 7.99. The number of fused-ring (bicyclic) bond motifs is 2. The molecule has 0 bridgehead atoms. The predicted octanol–water partition coefficient (Wildman–Crippen LogP) is 4.37. The van der Waals surface area contributed by atoms with Gasteiger partial charge >= 0.3 is 6.09 Å². The third kappa shape index (κ3) is 2.66. The topological polar surface area (TPSA) is 55.3 Å². The number of rotatable bonds is 1. The van der Waals surface area contributed by atoms with Crippen molar-refractivity contribution in [1.29, 1.82) is 0 Å². The van der Waals surface area contributed by atoms with E-state index in [4.69, 9.17) is 4.74 Å². The lowest BCUT2D eigenvalue weighted by atomic mass is 10.2. The summed E-state index contributed by atoms with van der Waals surface area (Å²) in [5.41, 5.74) is 2.68. The highest BCUT2D eigenvalue weighted by molar-refractivity contribution is 9.11. The minimum absolute atomic E-state index is 0.357. The molecule has 0 saturated heterocycles. The smallest absolute Gasteiger partial charge is 0.407 e. The van der Waals surface area contributed by atoms with E-state index in [0.717, 1.165) is 15.5 Å². The van der Waals surface area contributed by atoms with E-state index < -0.39 is 6.09 Å². The second kappa shape index (κ2) is 5.81. The molecular weight excluding hydrogens is 414 g/mol. The van der Waals surface area contributed by atoms with Crippen LogP contribution in [0.4, 0.5) is 4.79 Å². The average molecular weight is 425 g/mol. The van der Waals surface area contributed by atoms with E-state index >= 15 is 0 Å². The van der Waals surface area contributed by atoms with Crippen molar-refractivity contribution < 1.29 is 9.53 Å². The molecule has 112 valence electrons. The summed E-state index contributed by atoms with van der Waals surface area (Å²) in [5, 5.41) is 0. The van der Waals surface area contributed by atoms with Crippen LogP contribution in [0.1, 0.15) is 0 Å². The number of hydrogen-bond donors (Lipinski definition) is 0. The number of nitrogens with zero attached hydrogens (tertiary/aromatic N) is 3. The molecule has 0 N–H and O–H groups in total. The Morgan fingerprint density at radius 3 is 2.23 bits per heavy atom. The lowest BCUT2D eigenvalue weighted by Crippen LogP contribution is -2.25. The van der Waals surface area contributed by atoms with Crippen LogP contribution in [0.2, 0.25) is 0 Å². The summed E-state index contributed by atoms with van der Waals surface area (Å²) in [4.78, 5) is 22.4. The largest absolute Gasteiger partial charge is 0.414 e. The summed E-state index contributed by atoms with van der Waals surface area (Å²) in [6, 6.07) is 9.35. The Balaban J connectivity index is 2.30. The number of aromatic nitrogens is 2. The molecule has 0 saturated carbocycles. The van der Waals surface area contributed by atoms with Gasteiger partial charge in [-0.05, 0) is 50.1 Å². The number of ether oxygens (including phenoxy) is 1. The van der Waals surface area contributed by atoms with Crippen LogP contribution in [-0.2, 0) is 0 Å². The van der Waals surface area contributed by atoms with Gasteiger partial charge < -0.3 is 9.64 Å². The zero-order valence-electron chi connectivity index (χ0n) is 11.8. The lowest BCUT2D eigenvalue weighted by Gasteiger charge is -2.14. The highest BCUT2D eigenvalue weighted by Gasteiger charge is 2.18. The van der Waals surface area contributed by atoms with Gasteiger partial charge in [-0.25, -0.2) is 14.8 Å². The maximum absolute atomic E-state index is 11.9. The fraction of sp³-hybridized carbons (Fsp3) is 0.133. The van der Waals surface area contributed by atoms with Crippen LogP contribution >= 0.6 is 31.9 Å². The minimum Gasteiger partial charge on any atom is -0.407 e. The summed E-state index contributed by atoms with van der Waals surface area (Å²) in [5.74, 6) is 0.357. The number of carbonyl (C=O) groups excluding carboxylic acids is 1. The Morgan fingerprint density at radius 2 is 1.64 bits per heavy atom. The van der Waals surface area contributed by atoms with Crippen molar-refractivity contribution >= 4 is 60.0 Å². The summed E-state index contributed by atoms with van der Waals surface area (Å²) >= 11 is 6.90. The minimum atomic E-state index is -0.473. The van der Waals surface area contributed by atoms with Crippen molar-refractivity contribution in [3.05, 3.63) is 39.3 Å². The van der Waals surface area contributed by atoms with Crippen molar-refractivity contribution in [2.24, 2.45) is 0 Å². The van der Waals surface area contributed by atoms with Crippen LogP contribution in [0.25, 0.3) is 22.1 Å². The molecule has 0 fully saturated rings. The van der Waals surface area contributed by atoms with E-state index in [9.17, 15) is 4.79 Å². The first-order chi connectivity index (χ1) is 10.5. The predicted molar refractivity (Wildman–Crippen MR) is 92.2 cm³/mol. The summed E-state index contributed by atoms with van der Waals surface area (Å²) in [7, 11) is 3.25. The zero-order chi connectivity index (χ0) is 15.9. The second-order valence-electron chi connectivity index (χ2n) is 4.84. The number of hydrogen-bond acceptors (Lipinski definition) is 4. The SMILES string of the molecule is CN(C)C(=O)Oc1c(Br)cc(Br)c2nc3ccccc3nc12. The molecule has 1 amide bonds. The van der Waals surface area contributed by atoms with Crippen LogP contribution in [0.3, 0.4) is 0 Å². The fourth-order valence-electron chi connectivity index (χ4n) is 1.96. The number of benzene rings is 2. The van der Waals surface area contributed by atoms with E-state index in [1.54, 1.807) is 20.2 Å². The Bertz CT molecular complexity index is 897. The van der Waals surface area contributed by atoms with Gasteiger partial charge in [-0.2, -0.15) is 0 Å². The van der Waals surface area contributed by atoms with Crippen LogP contribution in [-0.4, -0.2) is 35.1 Å². The van der Waals surface area contributed by atoms with E-state index in [1.807, 2.05) is 24.3 Å². The standard InChI is InChI=1S/C15H11Br2N3O2/c1-20(2)15(21)22-14-9(17)7-8(16)12-13(14)19-11-6-4-3-5-10(11)18-12/h3-7H,1-2H3. The Labute approximate surface area is 143 Å². The van der Waals surface area contributed by atoms with E-state index in [1.165, 1.54) is 4.90 Å². The molecule has 3 aromatic rings. The van der Waals surface area contributed by atoms with Gasteiger partial charge in [-0.3, -0.25) is 0 Å². The first-order valence-electron chi connectivity index (χ1n) is 6.41. The van der Waals surface area contributed by atoms with Crippen LogP contribution in [0.5, 0.6) is 5.75 Å². The molecule has 1 aromatic heterocycles. The number of carbonyl (C=O) groups is 1. The first kappa shape index (κ1) is 15.2. The summed E-state index contributed by atoms with van der Waals surface area (Å²) in [6.45, 7) is 0. The van der Waals surface area contributed by atoms with Gasteiger partial charge in [-0.1, -0.05) is 12.1 Å². The normalized spacial score (nSPS) is 10.9. The zero-order valence-corrected chi connectivity index (χ0v) is 15.0. The highest BCUT2D eigenvalue weighted by atomic mass is 79.9. The molecule has 0 unspecified atom stereocenters. The van der Waals surface area contributed by atoms with Crippen molar-refractivity contribution in [3.63, 3.8) is 0 Å². The molecule has 0 spiro atoms. The third-order valence-electron chi connectivity index (χ3n) is 3.04. The number of para-hydroxylation sites is 2. The Kier molecular flexibility index (Phi) is 4.01. The maximum atomic E-state index is 11.9. The second-order valence-corrected chi connectivity index (χ2v) is 6.55. The van der Waals surface area contributed by atoms with Crippen molar-refractivity contribution in [2.45, 2.75) is 0 Å². The molecule has 1 heterocycles. The lowest BCUT2D eigenvalue weighted by molar-refractivity contribution is 0.172. The quantitative estimate of drug-likeness (QED) is 0.544. The van der Waals surface area contributed by atoms with Crippen molar-refractivity contribution in [1.82, 2.24) is 14.9 Å². The molecular formula is C15H11Br2N3O2. The fourth-order valence-corrected chi connectivity index (χ4v) is 3.27. The average Bonchev–Trinajstić information content (AvgIpc) is 2.49. The van der Waals surface area contributed by atoms with Crippen molar-refractivity contribution in [2.75, 3.05) is 14.1 Å². The van der Waals surface area contributed by atoms with E-state index in [-0.39, 0.29) is 0 Å². The Hall–Kier alpha value is -1.73. The van der Waals surface area contributed by atoms with Gasteiger partial charge in [-0.15, -0.1) is 0 Å². The summed E-state index contributed by atoms with van der Waals surface area (Å²) in [6.07, 6.45) is -0.473. The molecule has 2 aromatic carbocycles. The summed E-state index contributed by atoms with van der Waals surface area (Å²) < 4.78 is 6.85. The molecule has 3 rings (SSSR count). The van der Waals surface area contributed by atoms with Crippen LogP contribution in [0.15, 0.2) is 39.3 Å². The van der Waals surface area contributed by atoms with Gasteiger partial charge in [0, 0.05) is 18.6 Å². The molecule has 5 nitrogen and oxygen atoms in total. The molecule has 0 radical (unpaired) electrons. The van der Waals surface area contributed by atoms with E-state index in [0.29, 0.717) is 21.3 Å². The van der Waals surface area contributed by atoms with Gasteiger partial charge in [0.1, 0.15) is 11.0 Å². The van der Waals surface area contributed by atoms with Gasteiger partial charge in [0.25, 0.3) is 0 Å². The van der Waals surface area contributed by atoms with Crippen molar-refractivity contribution in [3.8, 4) is 5.75 Å². The molecule has 0 aliphatic heterocycles. The monoisotopic (exact) mass is 423 g/mol. The third-order valence-corrected chi connectivity index (χ3v) is 4.23. The molecule has 22 heavy (non-hydrogen) atoms. The Morgan fingerprint density at radius 1 is 1.05 bits per heavy atom. The van der Waals surface area contributed by atoms with Crippen LogP contribution < -0.4 is 4.74 Å². The van der Waals surface area contributed by atoms with Gasteiger partial charge in [0.15, 0.2) is 5.75 Å². The van der Waals surface area contributed by atoms with Gasteiger partial charge in [0.2, 0.25) is 0 Å². The number of amides is 1.